The summed E-state index contributed by atoms with van der Waals surface area (Å²) >= 11 is 1.67. The SMILES string of the molecule is COC(C)C(C)NCc1nccs1. The number of hydrogen-bond acceptors (Lipinski definition) is 4. The van der Waals surface area contributed by atoms with Gasteiger partial charge in [-0.15, -0.1) is 11.3 Å². The van der Waals surface area contributed by atoms with Crippen LogP contribution in [0.4, 0.5) is 0 Å². The molecule has 2 atom stereocenters. The van der Waals surface area contributed by atoms with E-state index in [4.69, 9.17) is 4.74 Å². The first kappa shape index (κ1) is 10.6. The number of hydrogen-bond donors (Lipinski definition) is 1. The molecule has 4 heteroatoms. The fourth-order valence-electron chi connectivity index (χ4n) is 0.959. The van der Waals surface area contributed by atoms with Gasteiger partial charge in [0.05, 0.1) is 6.10 Å². The zero-order valence-electron chi connectivity index (χ0n) is 8.28. The summed E-state index contributed by atoms with van der Waals surface area (Å²) < 4.78 is 5.20. The maximum absolute atomic E-state index is 5.20. The minimum Gasteiger partial charge on any atom is -0.380 e. The first-order chi connectivity index (χ1) is 6.24. The summed E-state index contributed by atoms with van der Waals surface area (Å²) in [7, 11) is 1.73. The van der Waals surface area contributed by atoms with Crippen molar-refractivity contribution in [2.24, 2.45) is 0 Å². The number of thiazole rings is 1. The molecule has 0 saturated carbocycles. The van der Waals surface area contributed by atoms with E-state index in [2.05, 4.69) is 24.1 Å². The zero-order valence-corrected chi connectivity index (χ0v) is 9.10. The molecular formula is C9H16N2OS. The fraction of sp³-hybridized carbons (Fsp3) is 0.667. The summed E-state index contributed by atoms with van der Waals surface area (Å²) in [6.07, 6.45) is 2.06. The first-order valence-corrected chi connectivity index (χ1v) is 5.26. The van der Waals surface area contributed by atoms with Crippen molar-refractivity contribution in [3.05, 3.63) is 16.6 Å². The van der Waals surface area contributed by atoms with Crippen LogP contribution in [0.2, 0.25) is 0 Å². The smallest absolute Gasteiger partial charge is 0.106 e. The van der Waals surface area contributed by atoms with Crippen molar-refractivity contribution in [2.45, 2.75) is 32.5 Å². The summed E-state index contributed by atoms with van der Waals surface area (Å²) in [6.45, 7) is 4.99. The van der Waals surface area contributed by atoms with Crippen LogP contribution in [0.3, 0.4) is 0 Å². The van der Waals surface area contributed by atoms with Gasteiger partial charge in [0.1, 0.15) is 5.01 Å². The number of aromatic nitrogens is 1. The standard InChI is InChI=1S/C9H16N2OS/c1-7(8(2)12-3)11-6-9-10-4-5-13-9/h4-5,7-8,11H,6H2,1-3H3. The molecule has 0 aliphatic carbocycles. The topological polar surface area (TPSA) is 34.1 Å². The highest BCUT2D eigenvalue weighted by atomic mass is 32.1. The predicted octanol–water partition coefficient (Wildman–Crippen LogP) is 1.66. The number of rotatable bonds is 5. The Labute approximate surface area is 83.1 Å². The maximum Gasteiger partial charge on any atom is 0.106 e. The number of ether oxygens (including phenoxy) is 1. The van der Waals surface area contributed by atoms with Crippen LogP contribution >= 0.6 is 11.3 Å². The Morgan fingerprint density at radius 3 is 2.92 bits per heavy atom. The second-order valence-electron chi connectivity index (χ2n) is 3.04. The minimum atomic E-state index is 0.236. The normalized spacial score (nSPS) is 15.6. The van der Waals surface area contributed by atoms with E-state index in [1.807, 2.05) is 11.6 Å². The third-order valence-electron chi connectivity index (χ3n) is 2.13. The number of methoxy groups -OCH3 is 1. The highest BCUT2D eigenvalue weighted by molar-refractivity contribution is 7.09. The van der Waals surface area contributed by atoms with Gasteiger partial charge in [-0.1, -0.05) is 0 Å². The van der Waals surface area contributed by atoms with Crippen LogP contribution in [0.5, 0.6) is 0 Å². The highest BCUT2D eigenvalue weighted by Gasteiger charge is 2.10. The van der Waals surface area contributed by atoms with Gasteiger partial charge in [0.15, 0.2) is 0 Å². The third-order valence-corrected chi connectivity index (χ3v) is 2.91. The molecule has 13 heavy (non-hydrogen) atoms. The third kappa shape index (κ3) is 3.42. The van der Waals surface area contributed by atoms with Crippen LogP contribution < -0.4 is 5.32 Å². The summed E-state index contributed by atoms with van der Waals surface area (Å²) in [5.74, 6) is 0. The lowest BCUT2D eigenvalue weighted by Crippen LogP contribution is -2.36. The van der Waals surface area contributed by atoms with Crippen LogP contribution in [0.25, 0.3) is 0 Å². The average molecular weight is 200 g/mol. The molecule has 0 fully saturated rings. The van der Waals surface area contributed by atoms with Gasteiger partial charge in [0, 0.05) is 31.3 Å². The van der Waals surface area contributed by atoms with Gasteiger partial charge in [-0.3, -0.25) is 0 Å². The number of nitrogens with zero attached hydrogens (tertiary/aromatic N) is 1. The van der Waals surface area contributed by atoms with Crippen molar-refractivity contribution < 1.29 is 4.74 Å². The molecule has 0 aromatic carbocycles. The molecule has 2 unspecified atom stereocenters. The Morgan fingerprint density at radius 2 is 2.38 bits per heavy atom. The second kappa shape index (κ2) is 5.32. The minimum absolute atomic E-state index is 0.236. The van der Waals surface area contributed by atoms with E-state index in [0.29, 0.717) is 6.04 Å². The lowest BCUT2D eigenvalue weighted by molar-refractivity contribution is 0.0882. The van der Waals surface area contributed by atoms with Gasteiger partial charge >= 0.3 is 0 Å². The van der Waals surface area contributed by atoms with Crippen molar-refractivity contribution in [1.82, 2.24) is 10.3 Å². The van der Waals surface area contributed by atoms with Crippen molar-refractivity contribution in [3.63, 3.8) is 0 Å². The van der Waals surface area contributed by atoms with Crippen molar-refractivity contribution in [1.29, 1.82) is 0 Å². The quantitative estimate of drug-likeness (QED) is 0.785. The van der Waals surface area contributed by atoms with Crippen LogP contribution in [-0.4, -0.2) is 24.2 Å². The molecule has 74 valence electrons. The first-order valence-electron chi connectivity index (χ1n) is 4.38. The molecule has 1 aromatic heterocycles. The average Bonchev–Trinajstić information content (AvgIpc) is 2.65. The lowest BCUT2D eigenvalue weighted by Gasteiger charge is -2.19. The van der Waals surface area contributed by atoms with E-state index in [1.54, 1.807) is 18.4 Å². The monoisotopic (exact) mass is 200 g/mol. The van der Waals surface area contributed by atoms with Gasteiger partial charge in [0.25, 0.3) is 0 Å². The number of nitrogens with one attached hydrogen (secondary N) is 1. The lowest BCUT2D eigenvalue weighted by atomic mass is 10.2. The molecule has 0 aliphatic rings. The van der Waals surface area contributed by atoms with E-state index < -0.39 is 0 Å². The van der Waals surface area contributed by atoms with Gasteiger partial charge in [-0.05, 0) is 13.8 Å². The molecule has 0 amide bonds. The van der Waals surface area contributed by atoms with Gasteiger partial charge in [-0.25, -0.2) is 4.98 Å². The van der Waals surface area contributed by atoms with Crippen LogP contribution in [-0.2, 0) is 11.3 Å². The summed E-state index contributed by atoms with van der Waals surface area (Å²) in [5.41, 5.74) is 0. The predicted molar refractivity (Wildman–Crippen MR) is 54.9 cm³/mol. The Bertz CT molecular complexity index is 226. The molecule has 3 nitrogen and oxygen atoms in total. The van der Waals surface area contributed by atoms with Crippen molar-refractivity contribution >= 4 is 11.3 Å². The van der Waals surface area contributed by atoms with Gasteiger partial charge in [-0.2, -0.15) is 0 Å². The van der Waals surface area contributed by atoms with Gasteiger partial charge in [0.2, 0.25) is 0 Å². The van der Waals surface area contributed by atoms with E-state index in [9.17, 15) is 0 Å². The summed E-state index contributed by atoms with van der Waals surface area (Å²) in [5, 5.41) is 6.47. The molecule has 0 saturated heterocycles. The maximum atomic E-state index is 5.20. The van der Waals surface area contributed by atoms with E-state index in [-0.39, 0.29) is 6.10 Å². The van der Waals surface area contributed by atoms with E-state index in [0.717, 1.165) is 11.6 Å². The Balaban J connectivity index is 2.26. The van der Waals surface area contributed by atoms with Crippen molar-refractivity contribution in [2.75, 3.05) is 7.11 Å². The molecule has 0 aliphatic heterocycles. The van der Waals surface area contributed by atoms with Crippen LogP contribution in [0, 0.1) is 0 Å². The molecule has 1 aromatic rings. The van der Waals surface area contributed by atoms with Gasteiger partial charge < -0.3 is 10.1 Å². The Kier molecular flexibility index (Phi) is 4.35. The molecule has 0 spiro atoms. The second-order valence-corrected chi connectivity index (χ2v) is 4.02. The fourth-order valence-corrected chi connectivity index (χ4v) is 1.53. The zero-order chi connectivity index (χ0) is 9.68. The summed E-state index contributed by atoms with van der Waals surface area (Å²) in [6, 6.07) is 0.355. The molecular weight excluding hydrogens is 184 g/mol. The Morgan fingerprint density at radius 1 is 1.62 bits per heavy atom. The van der Waals surface area contributed by atoms with E-state index >= 15 is 0 Å². The van der Waals surface area contributed by atoms with Crippen LogP contribution in [0.15, 0.2) is 11.6 Å². The Hall–Kier alpha value is -0.450. The van der Waals surface area contributed by atoms with Crippen molar-refractivity contribution in [3.8, 4) is 0 Å². The molecule has 1 N–H and O–H groups in total. The van der Waals surface area contributed by atoms with E-state index in [1.165, 1.54) is 0 Å². The molecule has 0 radical (unpaired) electrons. The molecule has 1 heterocycles. The summed E-state index contributed by atoms with van der Waals surface area (Å²) in [4.78, 5) is 4.19. The molecule has 0 bridgehead atoms. The van der Waals surface area contributed by atoms with Crippen LogP contribution in [0.1, 0.15) is 18.9 Å². The largest absolute Gasteiger partial charge is 0.380 e. The highest BCUT2D eigenvalue weighted by Crippen LogP contribution is 2.04. The molecule has 1 rings (SSSR count).